The molecule has 7 heteroatoms. The maximum absolute atomic E-state index is 12.1. The summed E-state index contributed by atoms with van der Waals surface area (Å²) in [5, 5.41) is 3.99. The number of hydrogen-bond acceptors (Lipinski definition) is 5. The van der Waals surface area contributed by atoms with Crippen molar-refractivity contribution in [2.24, 2.45) is 0 Å². The van der Waals surface area contributed by atoms with Crippen LogP contribution in [0.5, 0.6) is 5.75 Å². The first-order valence-electron chi connectivity index (χ1n) is 8.25. The maximum Gasteiger partial charge on any atom is 0.249 e. The Morgan fingerprint density at radius 1 is 0.926 bits per heavy atom. The first-order chi connectivity index (χ1) is 13.0. The molecule has 2 aromatic carbocycles. The third kappa shape index (κ3) is 3.29. The normalized spacial score (nSPS) is 11.6. The zero-order valence-corrected chi connectivity index (χ0v) is 15.6. The van der Waals surface area contributed by atoms with Crippen molar-refractivity contribution in [1.82, 2.24) is 14.6 Å². The molecule has 2 aromatic heterocycles. The van der Waals surface area contributed by atoms with Gasteiger partial charge in [0.25, 0.3) is 0 Å². The molecule has 0 atom stereocenters. The molecule has 0 fully saturated rings. The molecule has 4 rings (SSSR count). The number of aromatic nitrogens is 3. The minimum atomic E-state index is -3.52. The van der Waals surface area contributed by atoms with Crippen LogP contribution >= 0.6 is 0 Å². The van der Waals surface area contributed by atoms with Gasteiger partial charge in [-0.3, -0.25) is 0 Å². The van der Waals surface area contributed by atoms with Crippen molar-refractivity contribution in [1.29, 1.82) is 0 Å². The Hall–Kier alpha value is -3.19. The Morgan fingerprint density at radius 3 is 2.37 bits per heavy atom. The van der Waals surface area contributed by atoms with Gasteiger partial charge >= 0.3 is 0 Å². The number of sulfone groups is 1. The third-order valence-electron chi connectivity index (χ3n) is 4.27. The molecule has 0 saturated carbocycles. The highest BCUT2D eigenvalue weighted by molar-refractivity contribution is 7.90. The number of rotatable bonds is 4. The van der Waals surface area contributed by atoms with Crippen molar-refractivity contribution in [3.05, 3.63) is 66.9 Å². The standard InChI is InChI=1S/C20H17N3O3S/c1-26-18-8-6-14(7-9-18)15-4-3-5-16(12-15)19-13-17-10-11-21-23(17)20(22-19)27(2,24)25/h3-13H,1-2H3. The molecule has 0 aliphatic carbocycles. The predicted molar refractivity (Wildman–Crippen MR) is 104 cm³/mol. The van der Waals surface area contributed by atoms with E-state index in [1.165, 1.54) is 4.52 Å². The average Bonchev–Trinajstić information content (AvgIpc) is 3.15. The van der Waals surface area contributed by atoms with Crippen LogP contribution in [0, 0.1) is 0 Å². The Labute approximate surface area is 157 Å². The van der Waals surface area contributed by atoms with Gasteiger partial charge in [0.05, 0.1) is 24.5 Å². The largest absolute Gasteiger partial charge is 0.497 e. The van der Waals surface area contributed by atoms with E-state index in [2.05, 4.69) is 10.1 Å². The zero-order chi connectivity index (χ0) is 19.0. The summed E-state index contributed by atoms with van der Waals surface area (Å²) >= 11 is 0. The number of ether oxygens (including phenoxy) is 1. The van der Waals surface area contributed by atoms with Gasteiger partial charge in [-0.15, -0.1) is 0 Å². The lowest BCUT2D eigenvalue weighted by Gasteiger charge is -2.09. The number of benzene rings is 2. The van der Waals surface area contributed by atoms with Crippen LogP contribution in [0.2, 0.25) is 0 Å². The second kappa shape index (κ2) is 6.51. The summed E-state index contributed by atoms with van der Waals surface area (Å²) in [5.74, 6) is 0.792. The van der Waals surface area contributed by atoms with Gasteiger partial charge in [-0.2, -0.15) is 5.10 Å². The van der Waals surface area contributed by atoms with E-state index in [-0.39, 0.29) is 5.16 Å². The molecule has 0 saturated heterocycles. The summed E-state index contributed by atoms with van der Waals surface area (Å²) in [6.07, 6.45) is 2.69. The maximum atomic E-state index is 12.1. The van der Waals surface area contributed by atoms with Gasteiger partial charge in [-0.1, -0.05) is 30.3 Å². The third-order valence-corrected chi connectivity index (χ3v) is 5.19. The van der Waals surface area contributed by atoms with E-state index in [4.69, 9.17) is 4.74 Å². The first-order valence-corrected chi connectivity index (χ1v) is 10.1. The number of hydrogen-bond donors (Lipinski definition) is 0. The second-order valence-electron chi connectivity index (χ2n) is 6.17. The van der Waals surface area contributed by atoms with Crippen LogP contribution in [0.15, 0.2) is 72.0 Å². The Morgan fingerprint density at radius 2 is 1.67 bits per heavy atom. The summed E-state index contributed by atoms with van der Waals surface area (Å²) in [5.41, 5.74) is 4.13. The molecular weight excluding hydrogens is 362 g/mol. The van der Waals surface area contributed by atoms with Crippen LogP contribution in [0.1, 0.15) is 0 Å². The minimum absolute atomic E-state index is 0.0742. The molecule has 0 unspecified atom stereocenters. The fourth-order valence-electron chi connectivity index (χ4n) is 2.93. The van der Waals surface area contributed by atoms with Crippen LogP contribution in [-0.2, 0) is 9.84 Å². The lowest BCUT2D eigenvalue weighted by atomic mass is 10.0. The fourth-order valence-corrected chi connectivity index (χ4v) is 3.67. The Bertz CT molecular complexity index is 1230. The summed E-state index contributed by atoms with van der Waals surface area (Å²) < 4.78 is 30.8. The smallest absolute Gasteiger partial charge is 0.249 e. The second-order valence-corrected chi connectivity index (χ2v) is 8.08. The van der Waals surface area contributed by atoms with Crippen LogP contribution in [0.4, 0.5) is 0 Å². The molecule has 0 N–H and O–H groups in total. The minimum Gasteiger partial charge on any atom is -0.497 e. The molecular formula is C20H17N3O3S. The topological polar surface area (TPSA) is 73.6 Å². The monoisotopic (exact) mass is 379 g/mol. The molecule has 0 amide bonds. The van der Waals surface area contributed by atoms with Gasteiger partial charge in [-0.25, -0.2) is 17.9 Å². The van der Waals surface area contributed by atoms with E-state index in [0.29, 0.717) is 11.2 Å². The Kier molecular flexibility index (Phi) is 4.16. The molecule has 0 bridgehead atoms. The number of methoxy groups -OCH3 is 1. The lowest BCUT2D eigenvalue weighted by Crippen LogP contribution is -2.09. The molecule has 27 heavy (non-hydrogen) atoms. The zero-order valence-electron chi connectivity index (χ0n) is 14.8. The number of nitrogens with zero attached hydrogens (tertiary/aromatic N) is 3. The average molecular weight is 379 g/mol. The molecule has 0 spiro atoms. The van der Waals surface area contributed by atoms with Gasteiger partial charge < -0.3 is 4.74 Å². The van der Waals surface area contributed by atoms with E-state index >= 15 is 0 Å². The predicted octanol–water partition coefficient (Wildman–Crippen LogP) is 3.48. The van der Waals surface area contributed by atoms with Crippen LogP contribution in [-0.4, -0.2) is 36.4 Å². The van der Waals surface area contributed by atoms with Crippen LogP contribution in [0.25, 0.3) is 27.9 Å². The highest BCUT2D eigenvalue weighted by Gasteiger charge is 2.17. The van der Waals surface area contributed by atoms with Crippen molar-refractivity contribution in [3.8, 4) is 28.1 Å². The fraction of sp³-hybridized carbons (Fsp3) is 0.100. The summed E-state index contributed by atoms with van der Waals surface area (Å²) in [6.45, 7) is 0. The summed E-state index contributed by atoms with van der Waals surface area (Å²) in [7, 11) is -1.89. The van der Waals surface area contributed by atoms with E-state index in [9.17, 15) is 8.42 Å². The number of fused-ring (bicyclic) bond motifs is 1. The van der Waals surface area contributed by atoms with Crippen LogP contribution in [0.3, 0.4) is 0 Å². The molecule has 0 radical (unpaired) electrons. The van der Waals surface area contributed by atoms with Crippen molar-refractivity contribution >= 4 is 15.4 Å². The van der Waals surface area contributed by atoms with Gasteiger partial charge in [0.1, 0.15) is 5.75 Å². The molecule has 2 heterocycles. The quantitative estimate of drug-likeness (QED) is 0.508. The van der Waals surface area contributed by atoms with E-state index in [0.717, 1.165) is 28.7 Å². The summed E-state index contributed by atoms with van der Waals surface area (Å²) in [6, 6.07) is 19.2. The molecule has 0 aliphatic rings. The molecule has 6 nitrogen and oxygen atoms in total. The van der Waals surface area contributed by atoms with E-state index in [1.54, 1.807) is 19.4 Å². The van der Waals surface area contributed by atoms with Crippen molar-refractivity contribution in [2.75, 3.05) is 13.4 Å². The lowest BCUT2D eigenvalue weighted by molar-refractivity contribution is 0.415. The molecule has 136 valence electrons. The van der Waals surface area contributed by atoms with E-state index < -0.39 is 9.84 Å². The van der Waals surface area contributed by atoms with Gasteiger partial charge in [-0.05, 0) is 41.5 Å². The SMILES string of the molecule is COc1ccc(-c2cccc(-c3cc4ccnn4c(S(C)(=O)=O)n3)c2)cc1. The van der Waals surface area contributed by atoms with Crippen molar-refractivity contribution in [3.63, 3.8) is 0 Å². The summed E-state index contributed by atoms with van der Waals surface area (Å²) in [4.78, 5) is 4.37. The van der Waals surface area contributed by atoms with Crippen molar-refractivity contribution in [2.45, 2.75) is 5.16 Å². The van der Waals surface area contributed by atoms with Crippen molar-refractivity contribution < 1.29 is 13.2 Å². The highest BCUT2D eigenvalue weighted by Crippen LogP contribution is 2.28. The molecule has 4 aromatic rings. The van der Waals surface area contributed by atoms with E-state index in [1.807, 2.05) is 54.6 Å². The van der Waals surface area contributed by atoms with Gasteiger partial charge in [0.15, 0.2) is 0 Å². The Balaban J connectivity index is 1.84. The van der Waals surface area contributed by atoms with Crippen LogP contribution < -0.4 is 4.74 Å². The first kappa shape index (κ1) is 17.2. The van der Waals surface area contributed by atoms with Gasteiger partial charge in [0, 0.05) is 11.8 Å². The molecule has 0 aliphatic heterocycles. The van der Waals surface area contributed by atoms with Gasteiger partial charge in [0.2, 0.25) is 15.0 Å². The highest BCUT2D eigenvalue weighted by atomic mass is 32.2.